The van der Waals surface area contributed by atoms with Crippen LogP contribution in [-0.4, -0.2) is 17.9 Å². The Bertz CT molecular complexity index is 415. The molecule has 2 rings (SSSR count). The molecule has 1 aromatic rings. The number of carbonyl (C=O) groups excluding carboxylic acids is 2. The van der Waals surface area contributed by atoms with Crippen LogP contribution in [0.1, 0.15) is 23.7 Å². The lowest BCUT2D eigenvalue weighted by Gasteiger charge is -2.10. The molecule has 1 aromatic carbocycles. The molecule has 0 radical (unpaired) electrons. The van der Waals surface area contributed by atoms with Crippen LogP contribution in [0.4, 0.5) is 5.69 Å². The van der Waals surface area contributed by atoms with Crippen LogP contribution in [0, 0.1) is 0 Å². The number of benzene rings is 1. The van der Waals surface area contributed by atoms with Gasteiger partial charge in [0.15, 0.2) is 0 Å². The van der Waals surface area contributed by atoms with Crippen molar-refractivity contribution in [2.24, 2.45) is 0 Å². The largest absolute Gasteiger partial charge is 0.340 e. The summed E-state index contributed by atoms with van der Waals surface area (Å²) in [6.07, 6.45) is 0.589. The van der Waals surface area contributed by atoms with Gasteiger partial charge < -0.3 is 10.6 Å². The molecule has 4 nitrogen and oxygen atoms in total. The second-order valence-corrected chi connectivity index (χ2v) is 3.47. The van der Waals surface area contributed by atoms with Crippen molar-refractivity contribution in [3.05, 3.63) is 29.8 Å². The molecule has 15 heavy (non-hydrogen) atoms. The van der Waals surface area contributed by atoms with E-state index in [0.717, 1.165) is 0 Å². The van der Waals surface area contributed by atoms with Crippen molar-refractivity contribution in [1.29, 1.82) is 0 Å². The van der Waals surface area contributed by atoms with Crippen LogP contribution in [0.25, 0.3) is 0 Å². The van der Waals surface area contributed by atoms with Crippen LogP contribution in [-0.2, 0) is 4.79 Å². The maximum atomic E-state index is 11.7. The molecule has 1 heterocycles. The van der Waals surface area contributed by atoms with E-state index in [9.17, 15) is 9.59 Å². The highest BCUT2D eigenvalue weighted by molar-refractivity contribution is 6.09. The van der Waals surface area contributed by atoms with E-state index in [0.29, 0.717) is 17.7 Å². The summed E-state index contributed by atoms with van der Waals surface area (Å²) in [6, 6.07) is 6.55. The highest BCUT2D eigenvalue weighted by Crippen LogP contribution is 2.18. The monoisotopic (exact) mass is 204 g/mol. The SMILES string of the molecule is CC[C@H]1NC(=O)c2ccccc2NC1=O. The molecule has 0 fully saturated rings. The van der Waals surface area contributed by atoms with E-state index in [1.807, 2.05) is 6.92 Å². The van der Waals surface area contributed by atoms with Gasteiger partial charge in [0.1, 0.15) is 6.04 Å². The third-order valence-electron chi connectivity index (χ3n) is 2.46. The topological polar surface area (TPSA) is 58.2 Å². The van der Waals surface area contributed by atoms with E-state index >= 15 is 0 Å². The first-order valence-electron chi connectivity index (χ1n) is 4.93. The lowest BCUT2D eigenvalue weighted by molar-refractivity contribution is -0.117. The first-order valence-corrected chi connectivity index (χ1v) is 4.93. The fraction of sp³-hybridized carbons (Fsp3) is 0.273. The molecule has 0 saturated carbocycles. The first-order chi connectivity index (χ1) is 7.22. The minimum absolute atomic E-state index is 0.157. The molecule has 0 aromatic heterocycles. The number of rotatable bonds is 1. The first kappa shape index (κ1) is 9.71. The molecule has 0 spiro atoms. The molecule has 0 unspecified atom stereocenters. The summed E-state index contributed by atoms with van der Waals surface area (Å²) in [5.41, 5.74) is 1.10. The molecule has 2 N–H and O–H groups in total. The summed E-state index contributed by atoms with van der Waals surface area (Å²) < 4.78 is 0. The number of fused-ring (bicyclic) bond motifs is 1. The second-order valence-electron chi connectivity index (χ2n) is 3.47. The molecule has 0 aliphatic carbocycles. The van der Waals surface area contributed by atoms with Crippen LogP contribution in [0.2, 0.25) is 0 Å². The minimum Gasteiger partial charge on any atom is -0.340 e. The van der Waals surface area contributed by atoms with Gasteiger partial charge in [-0.2, -0.15) is 0 Å². The number of anilines is 1. The molecule has 4 heteroatoms. The van der Waals surface area contributed by atoms with Crippen molar-refractivity contribution in [3.8, 4) is 0 Å². The third-order valence-corrected chi connectivity index (χ3v) is 2.46. The van der Waals surface area contributed by atoms with Gasteiger partial charge in [-0.25, -0.2) is 0 Å². The number of amides is 2. The van der Waals surface area contributed by atoms with Crippen molar-refractivity contribution in [1.82, 2.24) is 5.32 Å². The average Bonchev–Trinajstić information content (AvgIpc) is 2.37. The van der Waals surface area contributed by atoms with E-state index in [1.165, 1.54) is 0 Å². The van der Waals surface area contributed by atoms with Gasteiger partial charge in [-0.3, -0.25) is 9.59 Å². The van der Waals surface area contributed by atoms with Crippen LogP contribution < -0.4 is 10.6 Å². The second kappa shape index (κ2) is 3.73. The Labute approximate surface area is 87.7 Å². The zero-order valence-electron chi connectivity index (χ0n) is 8.41. The van der Waals surface area contributed by atoms with Crippen molar-refractivity contribution in [3.63, 3.8) is 0 Å². The Morgan fingerprint density at radius 3 is 2.73 bits per heavy atom. The lowest BCUT2D eigenvalue weighted by atomic mass is 10.1. The van der Waals surface area contributed by atoms with Gasteiger partial charge in [-0.05, 0) is 18.6 Å². The Morgan fingerprint density at radius 1 is 1.27 bits per heavy atom. The number of nitrogens with one attached hydrogen (secondary N) is 2. The van der Waals surface area contributed by atoms with E-state index < -0.39 is 6.04 Å². The molecule has 2 amide bonds. The predicted octanol–water partition coefficient (Wildman–Crippen LogP) is 1.15. The maximum Gasteiger partial charge on any atom is 0.254 e. The summed E-state index contributed by atoms with van der Waals surface area (Å²) >= 11 is 0. The van der Waals surface area contributed by atoms with Gasteiger partial charge in [-0.1, -0.05) is 19.1 Å². The number of hydrogen-bond acceptors (Lipinski definition) is 2. The van der Waals surface area contributed by atoms with Gasteiger partial charge in [0, 0.05) is 0 Å². The highest BCUT2D eigenvalue weighted by Gasteiger charge is 2.25. The standard InChI is InChI=1S/C11H12N2O2/c1-2-8-11(15)13-9-6-4-3-5-7(9)10(14)12-8/h3-6,8H,2H2,1H3,(H,12,14)(H,13,15)/t8-/m1/s1. The third kappa shape index (κ3) is 1.70. The zero-order chi connectivity index (χ0) is 10.8. The summed E-state index contributed by atoms with van der Waals surface area (Å²) in [5, 5.41) is 5.42. The van der Waals surface area contributed by atoms with Crippen molar-refractivity contribution in [2.45, 2.75) is 19.4 Å². The number of hydrogen-bond donors (Lipinski definition) is 2. The van der Waals surface area contributed by atoms with Crippen molar-refractivity contribution >= 4 is 17.5 Å². The fourth-order valence-corrected chi connectivity index (χ4v) is 1.60. The van der Waals surface area contributed by atoms with Gasteiger partial charge >= 0.3 is 0 Å². The molecule has 0 bridgehead atoms. The van der Waals surface area contributed by atoms with E-state index in [4.69, 9.17) is 0 Å². The Kier molecular flexibility index (Phi) is 2.41. The molecule has 78 valence electrons. The Hall–Kier alpha value is -1.84. The highest BCUT2D eigenvalue weighted by atomic mass is 16.2. The van der Waals surface area contributed by atoms with E-state index in [2.05, 4.69) is 10.6 Å². The summed E-state index contributed by atoms with van der Waals surface area (Å²) in [7, 11) is 0. The predicted molar refractivity (Wildman–Crippen MR) is 56.6 cm³/mol. The summed E-state index contributed by atoms with van der Waals surface area (Å²) in [6.45, 7) is 1.86. The van der Waals surface area contributed by atoms with Crippen molar-refractivity contribution in [2.75, 3.05) is 5.32 Å². The average molecular weight is 204 g/mol. The quantitative estimate of drug-likeness (QED) is 0.720. The summed E-state index contributed by atoms with van der Waals surface area (Å²) in [4.78, 5) is 23.3. The molecule has 1 aliphatic rings. The van der Waals surface area contributed by atoms with Gasteiger partial charge in [-0.15, -0.1) is 0 Å². The molecule has 1 aliphatic heterocycles. The zero-order valence-corrected chi connectivity index (χ0v) is 8.41. The van der Waals surface area contributed by atoms with Crippen LogP contribution in [0.3, 0.4) is 0 Å². The van der Waals surface area contributed by atoms with Crippen LogP contribution in [0.15, 0.2) is 24.3 Å². The molecular weight excluding hydrogens is 192 g/mol. The normalized spacial score (nSPS) is 19.9. The van der Waals surface area contributed by atoms with E-state index in [1.54, 1.807) is 24.3 Å². The summed E-state index contributed by atoms with van der Waals surface area (Å²) in [5.74, 6) is -0.355. The molecule has 1 atom stereocenters. The minimum atomic E-state index is -0.440. The van der Waals surface area contributed by atoms with Crippen molar-refractivity contribution < 1.29 is 9.59 Å². The number of para-hydroxylation sites is 1. The molecular formula is C11H12N2O2. The molecule has 0 saturated heterocycles. The van der Waals surface area contributed by atoms with Gasteiger partial charge in [0.25, 0.3) is 5.91 Å². The van der Waals surface area contributed by atoms with E-state index in [-0.39, 0.29) is 11.8 Å². The fourth-order valence-electron chi connectivity index (χ4n) is 1.60. The van der Waals surface area contributed by atoms with Crippen LogP contribution in [0.5, 0.6) is 0 Å². The smallest absolute Gasteiger partial charge is 0.254 e. The Balaban J connectivity index is 2.41. The maximum absolute atomic E-state index is 11.7. The van der Waals surface area contributed by atoms with Gasteiger partial charge in [0.05, 0.1) is 11.3 Å². The van der Waals surface area contributed by atoms with Gasteiger partial charge in [0.2, 0.25) is 5.91 Å². The lowest BCUT2D eigenvalue weighted by Crippen LogP contribution is -2.40. The Morgan fingerprint density at radius 2 is 2.00 bits per heavy atom. The van der Waals surface area contributed by atoms with Crippen LogP contribution >= 0.6 is 0 Å². The number of carbonyl (C=O) groups is 2.